The second-order valence-electron chi connectivity index (χ2n) is 8.95. The molecule has 1 saturated carbocycles. The van der Waals surface area contributed by atoms with E-state index in [1.165, 1.54) is 24.0 Å². The molecule has 0 spiro atoms. The van der Waals surface area contributed by atoms with E-state index in [0.717, 1.165) is 30.7 Å². The Kier molecular flexibility index (Phi) is 4.92. The Labute approximate surface area is 192 Å². The van der Waals surface area contributed by atoms with Crippen molar-refractivity contribution in [2.24, 2.45) is 0 Å². The van der Waals surface area contributed by atoms with Gasteiger partial charge in [0.1, 0.15) is 28.4 Å². The first-order valence-corrected chi connectivity index (χ1v) is 11.6. The van der Waals surface area contributed by atoms with Gasteiger partial charge < -0.3 is 19.6 Å². The molecule has 0 radical (unpaired) electrons. The fourth-order valence-electron chi connectivity index (χ4n) is 4.89. The normalized spacial score (nSPS) is 18.0. The van der Waals surface area contributed by atoms with Gasteiger partial charge in [0.25, 0.3) is 0 Å². The predicted octanol–water partition coefficient (Wildman–Crippen LogP) is 6.89. The SMILES string of the molecule is O=C(O)c1c(-c2ccc(Oc3ccccc3)cc2)oc2cc(C3CCCN3)c(C3CC3)cc12. The van der Waals surface area contributed by atoms with Crippen LogP contribution in [0.3, 0.4) is 0 Å². The minimum Gasteiger partial charge on any atom is -0.478 e. The summed E-state index contributed by atoms with van der Waals surface area (Å²) in [6.45, 7) is 1.02. The van der Waals surface area contributed by atoms with Gasteiger partial charge >= 0.3 is 5.97 Å². The van der Waals surface area contributed by atoms with Crippen molar-refractivity contribution in [2.75, 3.05) is 6.54 Å². The van der Waals surface area contributed by atoms with Gasteiger partial charge in [-0.3, -0.25) is 0 Å². The van der Waals surface area contributed by atoms with Crippen LogP contribution in [0, 0.1) is 0 Å². The Balaban J connectivity index is 1.41. The third-order valence-corrected chi connectivity index (χ3v) is 6.66. The molecule has 2 N–H and O–H groups in total. The number of ether oxygens (including phenoxy) is 1. The molecule has 5 nitrogen and oxygen atoms in total. The molecule has 6 rings (SSSR count). The highest BCUT2D eigenvalue weighted by molar-refractivity contribution is 6.08. The number of hydrogen-bond donors (Lipinski definition) is 2. The van der Waals surface area contributed by atoms with Gasteiger partial charge in [-0.2, -0.15) is 0 Å². The Bertz CT molecular complexity index is 1310. The van der Waals surface area contributed by atoms with Crippen LogP contribution in [0.4, 0.5) is 0 Å². The van der Waals surface area contributed by atoms with Crippen molar-refractivity contribution in [3.05, 3.63) is 83.4 Å². The van der Waals surface area contributed by atoms with Crippen LogP contribution >= 0.6 is 0 Å². The Morgan fingerprint density at radius 3 is 2.36 bits per heavy atom. The van der Waals surface area contributed by atoms with E-state index in [1.54, 1.807) is 0 Å². The number of benzene rings is 3. The molecule has 1 aliphatic carbocycles. The molecule has 1 aliphatic heterocycles. The maximum absolute atomic E-state index is 12.3. The molecule has 5 heteroatoms. The zero-order valence-corrected chi connectivity index (χ0v) is 18.2. The number of carbonyl (C=O) groups is 1. The first-order chi connectivity index (χ1) is 16.2. The molecule has 0 amide bonds. The number of nitrogens with one attached hydrogen (secondary N) is 1. The molecule has 3 aromatic carbocycles. The van der Waals surface area contributed by atoms with Crippen molar-refractivity contribution in [3.8, 4) is 22.8 Å². The van der Waals surface area contributed by atoms with E-state index in [1.807, 2.05) is 54.6 Å². The van der Waals surface area contributed by atoms with Crippen LogP contribution < -0.4 is 10.1 Å². The lowest BCUT2D eigenvalue weighted by atomic mass is 9.93. The molecule has 166 valence electrons. The number of para-hydroxylation sites is 1. The highest BCUT2D eigenvalue weighted by Crippen LogP contribution is 2.47. The van der Waals surface area contributed by atoms with Crippen LogP contribution in [-0.2, 0) is 0 Å². The number of carboxylic acid groups (broad SMARTS) is 1. The van der Waals surface area contributed by atoms with Crippen LogP contribution in [0.2, 0.25) is 0 Å². The van der Waals surface area contributed by atoms with E-state index < -0.39 is 5.97 Å². The summed E-state index contributed by atoms with van der Waals surface area (Å²) in [5.74, 6) is 1.38. The standard InChI is InChI=1S/C28H25NO4/c30-28(31)26-23-15-21(17-8-9-17)22(24-7-4-14-29-24)16-25(23)33-27(26)18-10-12-20(13-11-18)32-19-5-2-1-3-6-19/h1-3,5-6,10-13,15-17,24,29H,4,7-9,14H2,(H,30,31). The summed E-state index contributed by atoms with van der Waals surface area (Å²) in [6.07, 6.45) is 4.60. The minimum absolute atomic E-state index is 0.231. The van der Waals surface area contributed by atoms with Crippen molar-refractivity contribution in [1.82, 2.24) is 5.32 Å². The van der Waals surface area contributed by atoms with Crippen molar-refractivity contribution >= 4 is 16.9 Å². The molecule has 1 aromatic heterocycles. The molecule has 1 atom stereocenters. The van der Waals surface area contributed by atoms with E-state index in [9.17, 15) is 9.90 Å². The first kappa shape index (κ1) is 20.1. The summed E-state index contributed by atoms with van der Waals surface area (Å²) in [5, 5.41) is 14.4. The Hall–Kier alpha value is -3.57. The molecule has 33 heavy (non-hydrogen) atoms. The number of aromatic carboxylic acids is 1. The largest absolute Gasteiger partial charge is 0.478 e. The van der Waals surface area contributed by atoms with Crippen LogP contribution in [0.15, 0.2) is 71.1 Å². The van der Waals surface area contributed by atoms with Gasteiger partial charge in [-0.1, -0.05) is 18.2 Å². The number of furan rings is 1. The minimum atomic E-state index is -0.971. The van der Waals surface area contributed by atoms with Gasteiger partial charge in [-0.05, 0) is 97.8 Å². The highest BCUT2D eigenvalue weighted by Gasteiger charge is 2.32. The maximum atomic E-state index is 12.3. The molecule has 1 unspecified atom stereocenters. The van der Waals surface area contributed by atoms with Gasteiger partial charge in [0.05, 0.1) is 0 Å². The molecule has 0 bridgehead atoms. The smallest absolute Gasteiger partial charge is 0.340 e. The number of rotatable bonds is 6. The molecular weight excluding hydrogens is 414 g/mol. The van der Waals surface area contributed by atoms with Gasteiger partial charge in [0.15, 0.2) is 0 Å². The fraction of sp³-hybridized carbons (Fsp3) is 0.250. The summed E-state index contributed by atoms with van der Waals surface area (Å²) in [6, 6.07) is 21.4. The van der Waals surface area contributed by atoms with Gasteiger partial charge in [0.2, 0.25) is 0 Å². The summed E-state index contributed by atoms with van der Waals surface area (Å²) in [7, 11) is 0. The molecule has 2 fully saturated rings. The highest BCUT2D eigenvalue weighted by atomic mass is 16.5. The zero-order valence-electron chi connectivity index (χ0n) is 18.2. The molecule has 1 saturated heterocycles. The van der Waals surface area contributed by atoms with Crippen LogP contribution in [-0.4, -0.2) is 17.6 Å². The first-order valence-electron chi connectivity index (χ1n) is 11.6. The van der Waals surface area contributed by atoms with E-state index in [-0.39, 0.29) is 5.56 Å². The van der Waals surface area contributed by atoms with Crippen molar-refractivity contribution < 1.29 is 19.1 Å². The van der Waals surface area contributed by atoms with Crippen molar-refractivity contribution in [2.45, 2.75) is 37.6 Å². The third-order valence-electron chi connectivity index (χ3n) is 6.66. The van der Waals surface area contributed by atoms with Crippen molar-refractivity contribution in [1.29, 1.82) is 0 Å². The fourth-order valence-corrected chi connectivity index (χ4v) is 4.89. The zero-order chi connectivity index (χ0) is 22.4. The van der Waals surface area contributed by atoms with Gasteiger partial charge in [-0.15, -0.1) is 0 Å². The third kappa shape index (κ3) is 3.79. The van der Waals surface area contributed by atoms with Crippen LogP contribution in [0.1, 0.15) is 59.1 Å². The van der Waals surface area contributed by atoms with Gasteiger partial charge in [0, 0.05) is 17.0 Å². The van der Waals surface area contributed by atoms with Crippen LogP contribution in [0.5, 0.6) is 11.5 Å². The number of carboxylic acids is 1. The predicted molar refractivity (Wildman–Crippen MR) is 127 cm³/mol. The maximum Gasteiger partial charge on any atom is 0.340 e. The summed E-state index contributed by atoms with van der Waals surface area (Å²) < 4.78 is 12.1. The lowest BCUT2D eigenvalue weighted by molar-refractivity contribution is 0.0699. The van der Waals surface area contributed by atoms with E-state index >= 15 is 0 Å². The number of fused-ring (bicyclic) bond motifs is 1. The Morgan fingerprint density at radius 2 is 1.70 bits per heavy atom. The molecule has 2 aliphatic rings. The topological polar surface area (TPSA) is 71.7 Å². The van der Waals surface area contributed by atoms with E-state index in [0.29, 0.717) is 34.4 Å². The summed E-state index contributed by atoms with van der Waals surface area (Å²) >= 11 is 0. The second kappa shape index (κ2) is 8.09. The van der Waals surface area contributed by atoms with Crippen molar-refractivity contribution in [3.63, 3.8) is 0 Å². The van der Waals surface area contributed by atoms with Crippen LogP contribution in [0.25, 0.3) is 22.3 Å². The quantitative estimate of drug-likeness (QED) is 0.342. The number of hydrogen-bond acceptors (Lipinski definition) is 4. The monoisotopic (exact) mass is 439 g/mol. The van der Waals surface area contributed by atoms with E-state index in [2.05, 4.69) is 17.4 Å². The summed E-state index contributed by atoms with van der Waals surface area (Å²) in [5.41, 5.74) is 4.14. The molecular formula is C28H25NO4. The lowest BCUT2D eigenvalue weighted by Gasteiger charge is -2.16. The second-order valence-corrected chi connectivity index (χ2v) is 8.95. The van der Waals surface area contributed by atoms with E-state index in [4.69, 9.17) is 9.15 Å². The summed E-state index contributed by atoms with van der Waals surface area (Å²) in [4.78, 5) is 12.3. The lowest BCUT2D eigenvalue weighted by Crippen LogP contribution is -2.14. The average molecular weight is 440 g/mol. The average Bonchev–Trinajstić information content (AvgIpc) is 3.38. The van der Waals surface area contributed by atoms with Gasteiger partial charge in [-0.25, -0.2) is 4.79 Å². The molecule has 4 aromatic rings. The molecule has 2 heterocycles. The Morgan fingerprint density at radius 1 is 0.939 bits per heavy atom.